The fraction of sp³-hybridized carbons (Fsp3) is 0.917. The molecule has 2 nitrogen and oxygen atoms in total. The van der Waals surface area contributed by atoms with E-state index in [4.69, 9.17) is 11.6 Å². The second kappa shape index (κ2) is 5.63. The molecule has 4 heteroatoms. The molecule has 0 atom stereocenters. The summed E-state index contributed by atoms with van der Waals surface area (Å²) in [6.45, 7) is 0. The number of halogens is 1. The maximum absolute atomic E-state index is 11.9. The topological polar surface area (TPSA) is 29.1 Å². The van der Waals surface area contributed by atoms with Crippen LogP contribution in [0.4, 0.5) is 0 Å². The molecule has 92 valence electrons. The van der Waals surface area contributed by atoms with Crippen molar-refractivity contribution in [2.24, 2.45) is 5.92 Å². The first-order valence-corrected chi connectivity index (χ1v) is 7.88. The number of carbonyl (C=O) groups excluding carboxylic acids is 1. The maximum Gasteiger partial charge on any atom is 0.220 e. The van der Waals surface area contributed by atoms with E-state index in [9.17, 15) is 4.79 Å². The van der Waals surface area contributed by atoms with Gasteiger partial charge in [0.25, 0.3) is 0 Å². The van der Waals surface area contributed by atoms with Crippen molar-refractivity contribution < 1.29 is 4.79 Å². The molecule has 0 radical (unpaired) electrons. The van der Waals surface area contributed by atoms with E-state index in [2.05, 4.69) is 5.32 Å². The van der Waals surface area contributed by atoms with Crippen LogP contribution < -0.4 is 5.32 Å². The van der Waals surface area contributed by atoms with Crippen LogP contribution in [-0.2, 0) is 4.79 Å². The average Bonchev–Trinajstić information content (AvgIpc) is 2.25. The van der Waals surface area contributed by atoms with Crippen LogP contribution in [0.25, 0.3) is 0 Å². The van der Waals surface area contributed by atoms with Gasteiger partial charge in [-0.25, -0.2) is 0 Å². The third-order valence-electron chi connectivity index (χ3n) is 3.79. The zero-order valence-electron chi connectivity index (χ0n) is 9.64. The second-order valence-electron chi connectivity index (χ2n) is 5.08. The van der Waals surface area contributed by atoms with Gasteiger partial charge in [-0.15, -0.1) is 11.6 Å². The molecule has 16 heavy (non-hydrogen) atoms. The summed E-state index contributed by atoms with van der Waals surface area (Å²) in [5.41, 5.74) is -0.0535. The van der Waals surface area contributed by atoms with Gasteiger partial charge < -0.3 is 5.32 Å². The predicted octanol–water partition coefficient (Wildman–Crippen LogP) is 2.80. The molecule has 1 saturated heterocycles. The Balaban J connectivity index is 1.74. The number of carbonyl (C=O) groups is 1. The van der Waals surface area contributed by atoms with Crippen molar-refractivity contribution >= 4 is 29.3 Å². The molecule has 2 rings (SSSR count). The maximum atomic E-state index is 11.9. The minimum absolute atomic E-state index is 0.0535. The van der Waals surface area contributed by atoms with Gasteiger partial charge in [0.15, 0.2) is 0 Å². The first kappa shape index (κ1) is 12.6. The Labute approximate surface area is 107 Å². The van der Waals surface area contributed by atoms with Crippen LogP contribution in [0.3, 0.4) is 0 Å². The molecule has 0 bridgehead atoms. The number of hydrogen-bond acceptors (Lipinski definition) is 2. The van der Waals surface area contributed by atoms with Gasteiger partial charge in [0.1, 0.15) is 0 Å². The molecular weight excluding hydrogens is 242 g/mol. The monoisotopic (exact) mass is 261 g/mol. The number of alkyl halides is 1. The summed E-state index contributed by atoms with van der Waals surface area (Å²) in [4.78, 5) is 11.9. The molecule has 2 aliphatic rings. The molecule has 0 unspecified atom stereocenters. The lowest BCUT2D eigenvalue weighted by Crippen LogP contribution is -2.55. The zero-order chi connectivity index (χ0) is 11.4. The van der Waals surface area contributed by atoms with Crippen LogP contribution in [0, 0.1) is 5.92 Å². The lowest BCUT2D eigenvalue weighted by Gasteiger charge is -2.41. The minimum Gasteiger partial charge on any atom is -0.349 e. The Hall–Kier alpha value is 0.110. The Morgan fingerprint density at radius 3 is 2.56 bits per heavy atom. The molecule has 1 saturated carbocycles. The molecule has 0 aromatic rings. The van der Waals surface area contributed by atoms with Crippen molar-refractivity contribution in [2.45, 2.75) is 44.1 Å². The Kier molecular flexibility index (Phi) is 4.42. The Morgan fingerprint density at radius 2 is 2.06 bits per heavy atom. The third-order valence-corrected chi connectivity index (χ3v) is 5.35. The molecule has 0 aromatic heterocycles. The Bertz CT molecular complexity index is 244. The van der Waals surface area contributed by atoms with E-state index in [0.29, 0.717) is 18.2 Å². The summed E-state index contributed by atoms with van der Waals surface area (Å²) in [6, 6.07) is 0. The number of rotatable bonds is 4. The van der Waals surface area contributed by atoms with Gasteiger partial charge in [-0.3, -0.25) is 4.79 Å². The van der Waals surface area contributed by atoms with Gasteiger partial charge in [0, 0.05) is 12.3 Å². The molecule has 2 fully saturated rings. The first-order chi connectivity index (χ1) is 7.74. The van der Waals surface area contributed by atoms with Crippen molar-refractivity contribution in [1.29, 1.82) is 0 Å². The fourth-order valence-electron chi connectivity index (χ4n) is 2.46. The number of thioether (sulfide) groups is 1. The van der Waals surface area contributed by atoms with Gasteiger partial charge in [0.2, 0.25) is 5.91 Å². The summed E-state index contributed by atoms with van der Waals surface area (Å²) < 4.78 is 0. The summed E-state index contributed by atoms with van der Waals surface area (Å²) in [7, 11) is 0. The smallest absolute Gasteiger partial charge is 0.220 e. The fourth-order valence-corrected chi connectivity index (χ4v) is 3.99. The van der Waals surface area contributed by atoms with Crippen LogP contribution in [0.1, 0.15) is 38.5 Å². The summed E-state index contributed by atoms with van der Waals surface area (Å²) in [5.74, 6) is 3.84. The molecule has 1 aliphatic heterocycles. The molecule has 0 spiro atoms. The summed E-state index contributed by atoms with van der Waals surface area (Å²) in [6.07, 6.45) is 6.43. The van der Waals surface area contributed by atoms with Crippen LogP contribution in [0.15, 0.2) is 0 Å². The second-order valence-corrected chi connectivity index (χ2v) is 6.57. The van der Waals surface area contributed by atoms with E-state index in [1.165, 1.54) is 30.8 Å². The van der Waals surface area contributed by atoms with Gasteiger partial charge in [0.05, 0.1) is 5.54 Å². The molecule has 1 N–H and O–H groups in total. The van der Waals surface area contributed by atoms with Gasteiger partial charge >= 0.3 is 0 Å². The van der Waals surface area contributed by atoms with E-state index in [0.717, 1.165) is 12.8 Å². The minimum atomic E-state index is -0.0535. The van der Waals surface area contributed by atoms with Crippen LogP contribution in [0.5, 0.6) is 0 Å². The number of amides is 1. The van der Waals surface area contributed by atoms with Crippen LogP contribution in [-0.4, -0.2) is 28.8 Å². The average molecular weight is 262 g/mol. The van der Waals surface area contributed by atoms with Gasteiger partial charge in [-0.2, -0.15) is 11.8 Å². The normalized spacial score (nSPS) is 24.8. The molecule has 0 aromatic carbocycles. The SMILES string of the molecule is O=C(CC1CCSCC1)NC1(CCl)CCC1. The lowest BCUT2D eigenvalue weighted by molar-refractivity contribution is -0.124. The highest BCUT2D eigenvalue weighted by atomic mass is 35.5. The van der Waals surface area contributed by atoms with E-state index in [1.807, 2.05) is 11.8 Å². The molecule has 1 aliphatic carbocycles. The highest BCUT2D eigenvalue weighted by molar-refractivity contribution is 7.99. The van der Waals surface area contributed by atoms with Crippen molar-refractivity contribution in [1.82, 2.24) is 5.32 Å². The van der Waals surface area contributed by atoms with E-state index < -0.39 is 0 Å². The van der Waals surface area contributed by atoms with Crippen molar-refractivity contribution in [3.8, 4) is 0 Å². The zero-order valence-corrected chi connectivity index (χ0v) is 11.2. The molecule has 1 amide bonds. The summed E-state index contributed by atoms with van der Waals surface area (Å²) in [5, 5.41) is 3.15. The van der Waals surface area contributed by atoms with E-state index >= 15 is 0 Å². The van der Waals surface area contributed by atoms with Crippen molar-refractivity contribution in [3.63, 3.8) is 0 Å². The van der Waals surface area contributed by atoms with Crippen molar-refractivity contribution in [2.75, 3.05) is 17.4 Å². The third kappa shape index (κ3) is 3.07. The highest BCUT2D eigenvalue weighted by Gasteiger charge is 2.37. The highest BCUT2D eigenvalue weighted by Crippen LogP contribution is 2.33. The number of nitrogens with one attached hydrogen (secondary N) is 1. The first-order valence-electron chi connectivity index (χ1n) is 6.19. The predicted molar refractivity (Wildman–Crippen MR) is 70.1 cm³/mol. The summed E-state index contributed by atoms with van der Waals surface area (Å²) >= 11 is 7.94. The Morgan fingerprint density at radius 1 is 1.38 bits per heavy atom. The van der Waals surface area contributed by atoms with E-state index in [-0.39, 0.29) is 11.4 Å². The van der Waals surface area contributed by atoms with E-state index in [1.54, 1.807) is 0 Å². The molecular formula is C12H20ClNOS. The van der Waals surface area contributed by atoms with Gasteiger partial charge in [-0.1, -0.05) is 0 Å². The number of hydrogen-bond donors (Lipinski definition) is 1. The van der Waals surface area contributed by atoms with Crippen LogP contribution >= 0.6 is 23.4 Å². The molecule has 1 heterocycles. The largest absolute Gasteiger partial charge is 0.349 e. The van der Waals surface area contributed by atoms with Crippen molar-refractivity contribution in [3.05, 3.63) is 0 Å². The standard InChI is InChI=1S/C12H20ClNOS/c13-9-12(4-1-5-12)14-11(15)8-10-2-6-16-7-3-10/h10H,1-9H2,(H,14,15). The quantitative estimate of drug-likeness (QED) is 0.789. The van der Waals surface area contributed by atoms with Gasteiger partial charge in [-0.05, 0) is 49.5 Å². The van der Waals surface area contributed by atoms with Crippen LogP contribution in [0.2, 0.25) is 0 Å². The lowest BCUT2D eigenvalue weighted by atomic mass is 9.78.